The molecule has 0 aromatic rings. The van der Waals surface area contributed by atoms with Crippen LogP contribution in [0.4, 0.5) is 0 Å². The third-order valence-corrected chi connectivity index (χ3v) is 3.07. The van der Waals surface area contributed by atoms with Gasteiger partial charge in [-0.3, -0.25) is 9.59 Å². The van der Waals surface area contributed by atoms with Gasteiger partial charge < -0.3 is 0 Å². The van der Waals surface area contributed by atoms with Crippen LogP contribution in [0.5, 0.6) is 0 Å². The molecule has 1 fully saturated rings. The maximum atomic E-state index is 11.4. The van der Waals surface area contributed by atoms with Crippen LogP contribution < -0.4 is 0 Å². The van der Waals surface area contributed by atoms with E-state index in [4.69, 9.17) is 0 Å². The number of carbonyl (C=O) groups excluding carboxylic acids is 2. The lowest BCUT2D eigenvalue weighted by Gasteiger charge is -2.24. The van der Waals surface area contributed by atoms with Crippen molar-refractivity contribution in [1.29, 1.82) is 0 Å². The highest BCUT2D eigenvalue weighted by atomic mass is 16.1. The van der Waals surface area contributed by atoms with E-state index in [-0.39, 0.29) is 23.9 Å². The molecule has 14 heavy (non-hydrogen) atoms. The third kappa shape index (κ3) is 2.53. The molecule has 0 spiro atoms. The van der Waals surface area contributed by atoms with Gasteiger partial charge in [-0.05, 0) is 23.8 Å². The van der Waals surface area contributed by atoms with Crippen molar-refractivity contribution in [1.82, 2.24) is 0 Å². The summed E-state index contributed by atoms with van der Waals surface area (Å²) in [6.45, 7) is 8.07. The van der Waals surface area contributed by atoms with Crippen LogP contribution in [0.3, 0.4) is 0 Å². The minimum absolute atomic E-state index is 0.0467. The van der Waals surface area contributed by atoms with Crippen molar-refractivity contribution < 1.29 is 9.59 Å². The van der Waals surface area contributed by atoms with Crippen LogP contribution in [0, 0.1) is 11.8 Å². The first-order chi connectivity index (χ1) is 6.54. The Bertz CT molecular complexity index is 265. The second-order valence-corrected chi connectivity index (χ2v) is 4.31. The fourth-order valence-corrected chi connectivity index (χ4v) is 1.87. The van der Waals surface area contributed by atoms with Crippen LogP contribution in [0.1, 0.15) is 39.5 Å². The summed E-state index contributed by atoms with van der Waals surface area (Å²) in [4.78, 5) is 22.6. The fourth-order valence-electron chi connectivity index (χ4n) is 1.87. The molecule has 0 aromatic heterocycles. The summed E-state index contributed by atoms with van der Waals surface area (Å²) in [6.07, 6.45) is 2.61. The standard InChI is InChI=1S/C12H18O2/c1-4-8(2)5-10-6-11(13)7-12(14)9(10)3/h8,10H,3-7H2,1-2H3/t8-,10+/m0/s1. The largest absolute Gasteiger partial charge is 0.299 e. The molecule has 78 valence electrons. The second-order valence-electron chi connectivity index (χ2n) is 4.31. The molecule has 0 N–H and O–H groups in total. The molecular weight excluding hydrogens is 176 g/mol. The molecule has 2 heteroatoms. The molecule has 0 unspecified atom stereocenters. The Kier molecular flexibility index (Phi) is 3.62. The Labute approximate surface area is 85.4 Å². The first kappa shape index (κ1) is 11.2. The molecule has 2 atom stereocenters. The summed E-state index contributed by atoms with van der Waals surface area (Å²) in [5.41, 5.74) is 0.671. The van der Waals surface area contributed by atoms with Gasteiger partial charge in [0.25, 0.3) is 0 Å². The van der Waals surface area contributed by atoms with Crippen molar-refractivity contribution in [2.75, 3.05) is 0 Å². The Morgan fingerprint density at radius 3 is 2.71 bits per heavy atom. The van der Waals surface area contributed by atoms with Crippen LogP contribution in [0.25, 0.3) is 0 Å². The van der Waals surface area contributed by atoms with E-state index in [9.17, 15) is 9.59 Å². The molecule has 1 aliphatic carbocycles. The Hall–Kier alpha value is -0.920. The Balaban J connectivity index is 2.62. The molecular formula is C12H18O2. The zero-order chi connectivity index (χ0) is 10.7. The van der Waals surface area contributed by atoms with Gasteiger partial charge in [-0.25, -0.2) is 0 Å². The summed E-state index contributed by atoms with van der Waals surface area (Å²) in [6, 6.07) is 0. The number of ketones is 2. The molecule has 0 radical (unpaired) electrons. The van der Waals surface area contributed by atoms with E-state index in [1.807, 2.05) is 0 Å². The molecule has 0 bridgehead atoms. The maximum Gasteiger partial charge on any atom is 0.165 e. The molecule has 0 amide bonds. The number of hydrogen-bond acceptors (Lipinski definition) is 2. The number of hydrogen-bond donors (Lipinski definition) is 0. The van der Waals surface area contributed by atoms with Gasteiger partial charge in [-0.1, -0.05) is 26.8 Å². The minimum atomic E-state index is -0.0467. The van der Waals surface area contributed by atoms with Crippen LogP contribution in [-0.4, -0.2) is 11.6 Å². The van der Waals surface area contributed by atoms with Crippen LogP contribution in [0.2, 0.25) is 0 Å². The number of carbonyl (C=O) groups is 2. The van der Waals surface area contributed by atoms with Crippen LogP contribution >= 0.6 is 0 Å². The van der Waals surface area contributed by atoms with Crippen molar-refractivity contribution in [2.45, 2.75) is 39.5 Å². The second kappa shape index (κ2) is 4.54. The van der Waals surface area contributed by atoms with Crippen molar-refractivity contribution in [3.8, 4) is 0 Å². The summed E-state index contributed by atoms with van der Waals surface area (Å²) >= 11 is 0. The Morgan fingerprint density at radius 2 is 2.14 bits per heavy atom. The molecule has 1 saturated carbocycles. The van der Waals surface area contributed by atoms with E-state index in [2.05, 4.69) is 20.4 Å². The smallest absolute Gasteiger partial charge is 0.165 e. The highest BCUT2D eigenvalue weighted by molar-refractivity contribution is 6.10. The van der Waals surface area contributed by atoms with E-state index in [0.717, 1.165) is 12.8 Å². The van der Waals surface area contributed by atoms with Crippen LogP contribution in [0.15, 0.2) is 12.2 Å². The third-order valence-electron chi connectivity index (χ3n) is 3.07. The molecule has 1 aliphatic rings. The predicted octanol–water partition coefficient (Wildman–Crippen LogP) is 2.53. The van der Waals surface area contributed by atoms with E-state index in [0.29, 0.717) is 17.9 Å². The van der Waals surface area contributed by atoms with Crippen molar-refractivity contribution in [2.24, 2.45) is 11.8 Å². The van der Waals surface area contributed by atoms with Crippen LogP contribution in [-0.2, 0) is 9.59 Å². The maximum absolute atomic E-state index is 11.4. The van der Waals surface area contributed by atoms with E-state index in [1.54, 1.807) is 0 Å². The number of allylic oxidation sites excluding steroid dienone is 1. The summed E-state index contributed by atoms with van der Waals surface area (Å²) < 4.78 is 0. The van der Waals surface area contributed by atoms with E-state index in [1.165, 1.54) is 0 Å². The zero-order valence-corrected chi connectivity index (χ0v) is 9.01. The van der Waals surface area contributed by atoms with Crippen molar-refractivity contribution in [3.63, 3.8) is 0 Å². The van der Waals surface area contributed by atoms with E-state index >= 15 is 0 Å². The molecule has 0 aromatic carbocycles. The number of rotatable bonds is 3. The zero-order valence-electron chi connectivity index (χ0n) is 9.01. The average molecular weight is 194 g/mol. The summed E-state index contributed by atoms with van der Waals surface area (Å²) in [5.74, 6) is 0.708. The number of Topliss-reactive ketones (excluding diaryl/α,β-unsaturated/α-hetero) is 2. The lowest BCUT2D eigenvalue weighted by atomic mass is 9.78. The SMILES string of the molecule is C=C1C(=O)CC(=O)C[C@H]1C[C@@H](C)CC. The van der Waals surface area contributed by atoms with Gasteiger partial charge in [0.1, 0.15) is 5.78 Å². The monoisotopic (exact) mass is 194 g/mol. The lowest BCUT2D eigenvalue weighted by molar-refractivity contribution is -0.128. The molecule has 0 heterocycles. The minimum Gasteiger partial charge on any atom is -0.299 e. The van der Waals surface area contributed by atoms with E-state index < -0.39 is 0 Å². The first-order valence-electron chi connectivity index (χ1n) is 5.28. The predicted molar refractivity (Wildman–Crippen MR) is 56.0 cm³/mol. The van der Waals surface area contributed by atoms with Gasteiger partial charge in [0.2, 0.25) is 0 Å². The van der Waals surface area contributed by atoms with Crippen molar-refractivity contribution >= 4 is 11.6 Å². The van der Waals surface area contributed by atoms with Gasteiger partial charge in [-0.15, -0.1) is 0 Å². The highest BCUT2D eigenvalue weighted by Gasteiger charge is 2.29. The summed E-state index contributed by atoms with van der Waals surface area (Å²) in [5, 5.41) is 0. The normalized spacial score (nSPS) is 25.3. The van der Waals surface area contributed by atoms with Gasteiger partial charge in [-0.2, -0.15) is 0 Å². The summed E-state index contributed by atoms with van der Waals surface area (Å²) in [7, 11) is 0. The average Bonchev–Trinajstić information content (AvgIpc) is 2.13. The molecule has 0 saturated heterocycles. The fraction of sp³-hybridized carbons (Fsp3) is 0.667. The quantitative estimate of drug-likeness (QED) is 0.511. The van der Waals surface area contributed by atoms with Gasteiger partial charge >= 0.3 is 0 Å². The highest BCUT2D eigenvalue weighted by Crippen LogP contribution is 2.29. The molecule has 2 nitrogen and oxygen atoms in total. The first-order valence-corrected chi connectivity index (χ1v) is 5.28. The lowest BCUT2D eigenvalue weighted by Crippen LogP contribution is -2.26. The van der Waals surface area contributed by atoms with Gasteiger partial charge in [0.05, 0.1) is 6.42 Å². The Morgan fingerprint density at radius 1 is 1.50 bits per heavy atom. The van der Waals surface area contributed by atoms with Gasteiger partial charge in [0, 0.05) is 6.42 Å². The van der Waals surface area contributed by atoms with Gasteiger partial charge in [0.15, 0.2) is 5.78 Å². The molecule has 1 rings (SSSR count). The molecule has 0 aliphatic heterocycles. The topological polar surface area (TPSA) is 34.1 Å². The van der Waals surface area contributed by atoms with Crippen molar-refractivity contribution in [3.05, 3.63) is 12.2 Å².